The van der Waals surface area contributed by atoms with E-state index in [1.54, 1.807) is 19.9 Å². The lowest BCUT2D eigenvalue weighted by Crippen LogP contribution is -2.18. The Hall–Kier alpha value is -1.58. The van der Waals surface area contributed by atoms with Gasteiger partial charge in [0.05, 0.1) is 23.0 Å². The zero-order valence-corrected chi connectivity index (χ0v) is 13.9. The minimum Gasteiger partial charge on any atom is -0.465 e. The Morgan fingerprint density at radius 2 is 2.00 bits per heavy atom. The van der Waals surface area contributed by atoms with Crippen LogP contribution in [0.3, 0.4) is 0 Å². The summed E-state index contributed by atoms with van der Waals surface area (Å²) in [5.41, 5.74) is 1.07. The van der Waals surface area contributed by atoms with E-state index in [1.165, 1.54) is 12.1 Å². The van der Waals surface area contributed by atoms with Crippen LogP contribution in [-0.2, 0) is 24.3 Å². The molecule has 122 valence electrons. The molecule has 0 aliphatic heterocycles. The minimum atomic E-state index is -3.83. The number of rotatable bonds is 7. The van der Waals surface area contributed by atoms with E-state index >= 15 is 0 Å². The number of hydrogen-bond acceptors (Lipinski definition) is 6. The van der Waals surface area contributed by atoms with Gasteiger partial charge in [-0.1, -0.05) is 6.07 Å². The largest absolute Gasteiger partial charge is 0.465 e. The molecule has 0 aliphatic carbocycles. The number of benzene rings is 1. The van der Waals surface area contributed by atoms with E-state index in [-0.39, 0.29) is 28.3 Å². The first-order valence-electron chi connectivity index (χ1n) is 6.40. The van der Waals surface area contributed by atoms with Gasteiger partial charge in [-0.25, -0.2) is 13.6 Å². The van der Waals surface area contributed by atoms with Crippen molar-refractivity contribution in [2.45, 2.75) is 18.7 Å². The molecule has 0 radical (unpaired) electrons. The van der Waals surface area contributed by atoms with Crippen molar-refractivity contribution in [3.63, 3.8) is 0 Å². The second-order valence-corrected chi connectivity index (χ2v) is 6.91. The number of esters is 1. The number of carbonyl (C=O) groups is 2. The van der Waals surface area contributed by atoms with E-state index in [2.05, 4.69) is 5.32 Å². The van der Waals surface area contributed by atoms with E-state index in [1.807, 2.05) is 0 Å². The SMILES string of the molecule is CCOC(=O)CSCC(=O)Nc1cc(S(N)(=O)=O)ccc1C. The zero-order valence-electron chi connectivity index (χ0n) is 12.3. The van der Waals surface area contributed by atoms with E-state index in [0.29, 0.717) is 17.9 Å². The van der Waals surface area contributed by atoms with Gasteiger partial charge in [0.1, 0.15) is 0 Å². The molecule has 0 unspecified atom stereocenters. The number of ether oxygens (including phenoxy) is 1. The van der Waals surface area contributed by atoms with E-state index in [0.717, 1.165) is 11.8 Å². The fourth-order valence-corrected chi connectivity index (χ4v) is 2.68. The average molecular weight is 346 g/mol. The molecule has 1 amide bonds. The second-order valence-electron chi connectivity index (χ2n) is 4.37. The van der Waals surface area contributed by atoms with Crippen molar-refractivity contribution in [1.29, 1.82) is 0 Å². The first-order chi connectivity index (χ1) is 10.2. The van der Waals surface area contributed by atoms with E-state index < -0.39 is 10.0 Å². The van der Waals surface area contributed by atoms with Crippen molar-refractivity contribution in [3.8, 4) is 0 Å². The summed E-state index contributed by atoms with van der Waals surface area (Å²) in [6.45, 7) is 3.73. The number of carbonyl (C=O) groups excluding carboxylic acids is 2. The lowest BCUT2D eigenvalue weighted by molar-refractivity contribution is -0.139. The Morgan fingerprint density at radius 1 is 1.32 bits per heavy atom. The fourth-order valence-electron chi connectivity index (χ4n) is 1.53. The van der Waals surface area contributed by atoms with Gasteiger partial charge in [0.15, 0.2) is 0 Å². The number of primary sulfonamides is 1. The molecule has 0 fully saturated rings. The standard InChI is InChI=1S/C13H18N2O5S2/c1-3-20-13(17)8-21-7-12(16)15-11-6-10(22(14,18)19)5-4-9(11)2/h4-6H,3,7-8H2,1-2H3,(H,15,16)(H2,14,18,19). The third kappa shape index (κ3) is 6.04. The number of amides is 1. The highest BCUT2D eigenvalue weighted by Gasteiger charge is 2.12. The van der Waals surface area contributed by atoms with Crippen LogP contribution in [0.2, 0.25) is 0 Å². The highest BCUT2D eigenvalue weighted by molar-refractivity contribution is 8.00. The van der Waals surface area contributed by atoms with Gasteiger partial charge >= 0.3 is 5.97 Å². The molecule has 7 nitrogen and oxygen atoms in total. The first-order valence-corrected chi connectivity index (χ1v) is 9.10. The van der Waals surface area contributed by atoms with Gasteiger partial charge in [-0.2, -0.15) is 0 Å². The van der Waals surface area contributed by atoms with Crippen molar-refractivity contribution in [3.05, 3.63) is 23.8 Å². The van der Waals surface area contributed by atoms with Crippen LogP contribution in [0.4, 0.5) is 5.69 Å². The summed E-state index contributed by atoms with van der Waals surface area (Å²) in [5, 5.41) is 7.65. The summed E-state index contributed by atoms with van der Waals surface area (Å²) in [4.78, 5) is 22.9. The molecule has 9 heteroatoms. The molecule has 1 aromatic rings. The van der Waals surface area contributed by atoms with Gasteiger partial charge in [-0.05, 0) is 31.5 Å². The Morgan fingerprint density at radius 3 is 2.59 bits per heavy atom. The van der Waals surface area contributed by atoms with Crippen LogP contribution in [0.5, 0.6) is 0 Å². The van der Waals surface area contributed by atoms with Crippen LogP contribution in [0.15, 0.2) is 23.1 Å². The number of sulfonamides is 1. The predicted molar refractivity (Wildman–Crippen MR) is 85.1 cm³/mol. The van der Waals surface area contributed by atoms with E-state index in [4.69, 9.17) is 9.88 Å². The zero-order chi connectivity index (χ0) is 16.8. The van der Waals surface area contributed by atoms with Crippen molar-refractivity contribution in [1.82, 2.24) is 0 Å². The maximum Gasteiger partial charge on any atom is 0.315 e. The highest BCUT2D eigenvalue weighted by Crippen LogP contribution is 2.19. The summed E-state index contributed by atoms with van der Waals surface area (Å²) < 4.78 is 27.3. The second kappa shape index (κ2) is 8.16. The molecule has 0 bridgehead atoms. The summed E-state index contributed by atoms with van der Waals surface area (Å²) in [5.74, 6) is -0.591. The predicted octanol–water partition coefficient (Wildman–Crippen LogP) is 0.877. The molecule has 0 spiro atoms. The van der Waals surface area contributed by atoms with Gasteiger partial charge in [0.2, 0.25) is 15.9 Å². The number of nitrogens with one attached hydrogen (secondary N) is 1. The van der Waals surface area contributed by atoms with Crippen molar-refractivity contribution in [2.24, 2.45) is 5.14 Å². The molecule has 0 saturated heterocycles. The molecule has 0 saturated carbocycles. The molecule has 3 N–H and O–H groups in total. The highest BCUT2D eigenvalue weighted by atomic mass is 32.2. The molecular weight excluding hydrogens is 328 g/mol. The molecule has 22 heavy (non-hydrogen) atoms. The Bertz CT molecular complexity index is 658. The van der Waals surface area contributed by atoms with Gasteiger partial charge in [0.25, 0.3) is 0 Å². The molecule has 0 aliphatic rings. The van der Waals surface area contributed by atoms with Gasteiger partial charge in [0, 0.05) is 5.69 Å². The van der Waals surface area contributed by atoms with Crippen LogP contribution in [0.1, 0.15) is 12.5 Å². The van der Waals surface area contributed by atoms with Crippen LogP contribution < -0.4 is 10.5 Å². The Kier molecular flexibility index (Phi) is 6.85. The maximum absolute atomic E-state index is 11.8. The average Bonchev–Trinajstić information content (AvgIpc) is 2.40. The van der Waals surface area contributed by atoms with Gasteiger partial charge in [-0.15, -0.1) is 11.8 Å². The van der Waals surface area contributed by atoms with Crippen molar-refractivity contribution >= 4 is 39.3 Å². The Labute approximate surface area is 133 Å². The summed E-state index contributed by atoms with van der Waals surface area (Å²) in [7, 11) is -3.83. The monoisotopic (exact) mass is 346 g/mol. The summed E-state index contributed by atoms with van der Waals surface area (Å²) in [6, 6.07) is 4.23. The lowest BCUT2D eigenvalue weighted by Gasteiger charge is -2.10. The third-order valence-electron chi connectivity index (χ3n) is 2.57. The number of anilines is 1. The van der Waals surface area contributed by atoms with Crippen LogP contribution in [-0.4, -0.2) is 38.4 Å². The molecule has 1 aromatic carbocycles. The van der Waals surface area contributed by atoms with E-state index in [9.17, 15) is 18.0 Å². The number of aryl methyl sites for hydroxylation is 1. The van der Waals surface area contributed by atoms with Crippen LogP contribution in [0, 0.1) is 6.92 Å². The normalized spacial score (nSPS) is 11.0. The molecule has 0 atom stereocenters. The van der Waals surface area contributed by atoms with Crippen LogP contribution >= 0.6 is 11.8 Å². The quantitative estimate of drug-likeness (QED) is 0.708. The van der Waals surface area contributed by atoms with Gasteiger partial charge in [-0.3, -0.25) is 9.59 Å². The lowest BCUT2D eigenvalue weighted by atomic mass is 10.2. The summed E-state index contributed by atoms with van der Waals surface area (Å²) in [6.07, 6.45) is 0. The summed E-state index contributed by atoms with van der Waals surface area (Å²) >= 11 is 1.11. The van der Waals surface area contributed by atoms with Gasteiger partial charge < -0.3 is 10.1 Å². The minimum absolute atomic E-state index is 0.0534. The number of nitrogens with two attached hydrogens (primary N) is 1. The molecule has 0 aromatic heterocycles. The topological polar surface area (TPSA) is 116 Å². The Balaban J connectivity index is 2.63. The fraction of sp³-hybridized carbons (Fsp3) is 0.385. The molecule has 0 heterocycles. The van der Waals surface area contributed by atoms with Crippen LogP contribution in [0.25, 0.3) is 0 Å². The first kappa shape index (κ1) is 18.5. The smallest absolute Gasteiger partial charge is 0.315 e. The third-order valence-corrected chi connectivity index (χ3v) is 4.39. The van der Waals surface area contributed by atoms with Crippen molar-refractivity contribution in [2.75, 3.05) is 23.4 Å². The number of thioether (sulfide) groups is 1. The maximum atomic E-state index is 11.8. The molecule has 1 rings (SSSR count). The number of hydrogen-bond donors (Lipinski definition) is 2. The van der Waals surface area contributed by atoms with Crippen molar-refractivity contribution < 1.29 is 22.7 Å². The molecular formula is C13H18N2O5S2.